The highest BCUT2D eigenvalue weighted by Gasteiger charge is 2.26. The standard InChI is InChI=1S/C30H37N9O2S/c1-37-15-11-23(18-37)34-21-7-9-22(10-8-21)35-30-33-17-20-16-24(26-6-4-5-14-38(26)2)29(40)39(27(20)36-30)19-25-28(42(3)41)32-13-12-31-25/h7-10,12-13,16-17,23,26,34H,4-6,11,14-15,18-19H2,1-3H3,(H,33,35,36). The van der Waals surface area contributed by atoms with Gasteiger partial charge in [0.15, 0.2) is 0 Å². The number of rotatable bonds is 8. The first kappa shape index (κ1) is 28.5. The summed E-state index contributed by atoms with van der Waals surface area (Å²) in [7, 11) is 4.21. The van der Waals surface area contributed by atoms with Crippen LogP contribution in [0.4, 0.5) is 17.3 Å². The molecule has 220 valence electrons. The van der Waals surface area contributed by atoms with Crippen molar-refractivity contribution >= 4 is 39.5 Å². The second-order valence-corrected chi connectivity index (χ2v) is 12.6. The van der Waals surface area contributed by atoms with Crippen molar-refractivity contribution in [3.63, 3.8) is 0 Å². The number of likely N-dealkylation sites (tertiary alicyclic amines) is 2. The summed E-state index contributed by atoms with van der Waals surface area (Å²) in [5.74, 6) is 0.384. The van der Waals surface area contributed by atoms with Gasteiger partial charge in [0.2, 0.25) is 5.95 Å². The highest BCUT2D eigenvalue weighted by molar-refractivity contribution is 7.90. The molecule has 2 saturated heterocycles. The molecule has 42 heavy (non-hydrogen) atoms. The van der Waals surface area contributed by atoms with Crippen molar-refractivity contribution in [1.82, 2.24) is 34.3 Å². The van der Waals surface area contributed by atoms with Gasteiger partial charge >= 0.3 is 0 Å². The molecular weight excluding hydrogens is 550 g/mol. The molecule has 0 amide bonds. The number of hydrogen-bond donors (Lipinski definition) is 2. The fraction of sp³-hybridized carbons (Fsp3) is 0.433. The Morgan fingerprint density at radius 2 is 1.81 bits per heavy atom. The van der Waals surface area contributed by atoms with Crippen LogP contribution < -0.4 is 16.2 Å². The normalized spacial score (nSPS) is 20.6. The van der Waals surface area contributed by atoms with Crippen LogP contribution in [-0.4, -0.2) is 84.9 Å². The zero-order valence-electron chi connectivity index (χ0n) is 24.3. The van der Waals surface area contributed by atoms with Gasteiger partial charge in [0.05, 0.1) is 12.7 Å². The number of fused-ring (bicyclic) bond motifs is 1. The summed E-state index contributed by atoms with van der Waals surface area (Å²) in [4.78, 5) is 36.8. The van der Waals surface area contributed by atoms with Crippen LogP contribution in [0.1, 0.15) is 43.0 Å². The van der Waals surface area contributed by atoms with Crippen molar-refractivity contribution in [3.05, 3.63) is 70.5 Å². The molecule has 3 unspecified atom stereocenters. The predicted octanol–water partition coefficient (Wildman–Crippen LogP) is 3.38. The number of benzene rings is 1. The molecule has 6 rings (SSSR count). The molecule has 0 spiro atoms. The number of piperidine rings is 1. The number of pyridine rings is 1. The van der Waals surface area contributed by atoms with E-state index in [0.29, 0.717) is 33.9 Å². The second kappa shape index (κ2) is 12.3. The molecular formula is C30H37N9O2S. The maximum absolute atomic E-state index is 14.1. The van der Waals surface area contributed by atoms with E-state index >= 15 is 0 Å². The van der Waals surface area contributed by atoms with Crippen molar-refractivity contribution < 1.29 is 4.55 Å². The van der Waals surface area contributed by atoms with E-state index in [4.69, 9.17) is 4.98 Å². The van der Waals surface area contributed by atoms with Gasteiger partial charge in [-0.25, -0.2) is 9.97 Å². The van der Waals surface area contributed by atoms with Crippen LogP contribution in [0.25, 0.3) is 11.0 Å². The molecule has 5 heterocycles. The van der Waals surface area contributed by atoms with Gasteiger partial charge in [-0.15, -0.1) is 0 Å². The van der Waals surface area contributed by atoms with Gasteiger partial charge in [-0.1, -0.05) is 6.42 Å². The van der Waals surface area contributed by atoms with Crippen LogP contribution in [-0.2, 0) is 17.7 Å². The van der Waals surface area contributed by atoms with Gasteiger partial charge < -0.3 is 20.1 Å². The van der Waals surface area contributed by atoms with E-state index in [-0.39, 0.29) is 18.1 Å². The van der Waals surface area contributed by atoms with Crippen molar-refractivity contribution in [2.75, 3.05) is 50.6 Å². The van der Waals surface area contributed by atoms with Gasteiger partial charge in [0.25, 0.3) is 10.6 Å². The number of nitrogens with zero attached hydrogens (tertiary/aromatic N) is 7. The molecule has 1 aromatic carbocycles. The lowest BCUT2D eigenvalue weighted by Gasteiger charge is -2.32. The Kier molecular flexibility index (Phi) is 8.38. The molecule has 2 aliphatic rings. The molecule has 11 nitrogen and oxygen atoms in total. The monoisotopic (exact) mass is 587 g/mol. The summed E-state index contributed by atoms with van der Waals surface area (Å²) in [6.45, 7) is 3.19. The minimum absolute atomic E-state index is 0.0121. The Morgan fingerprint density at radius 1 is 1.02 bits per heavy atom. The van der Waals surface area contributed by atoms with Crippen LogP contribution in [0.15, 0.2) is 58.7 Å². The molecule has 3 atom stereocenters. The quantitative estimate of drug-likeness (QED) is 0.296. The Bertz CT molecular complexity index is 1610. The molecule has 2 fully saturated rings. The number of likely N-dealkylation sites (N-methyl/N-ethyl adjacent to an activating group) is 1. The van der Waals surface area contributed by atoms with Crippen molar-refractivity contribution in [1.29, 1.82) is 0 Å². The summed E-state index contributed by atoms with van der Waals surface area (Å²) < 4.78 is 14.1. The second-order valence-electron chi connectivity index (χ2n) is 11.3. The molecule has 2 aliphatic heterocycles. The van der Waals surface area contributed by atoms with Crippen molar-refractivity contribution in [2.45, 2.75) is 49.3 Å². The largest absolute Gasteiger partial charge is 0.610 e. The third-order valence-corrected chi connectivity index (χ3v) is 9.09. The first-order valence-electron chi connectivity index (χ1n) is 14.4. The molecule has 3 aromatic heterocycles. The lowest BCUT2D eigenvalue weighted by Crippen LogP contribution is -2.36. The summed E-state index contributed by atoms with van der Waals surface area (Å²) in [5, 5.41) is 8.01. The fourth-order valence-electron chi connectivity index (χ4n) is 6.01. The van der Waals surface area contributed by atoms with E-state index in [1.54, 1.807) is 23.2 Å². The van der Waals surface area contributed by atoms with E-state index in [0.717, 1.165) is 62.1 Å². The first-order chi connectivity index (χ1) is 20.4. The highest BCUT2D eigenvalue weighted by Crippen LogP contribution is 2.30. The highest BCUT2D eigenvalue weighted by atomic mass is 32.2. The topological polar surface area (TPSA) is 127 Å². The minimum Gasteiger partial charge on any atom is -0.610 e. The lowest BCUT2D eigenvalue weighted by atomic mass is 9.96. The van der Waals surface area contributed by atoms with Crippen LogP contribution in [0.3, 0.4) is 0 Å². The van der Waals surface area contributed by atoms with Crippen LogP contribution in [0, 0.1) is 0 Å². The average molecular weight is 588 g/mol. The molecule has 0 saturated carbocycles. The smallest absolute Gasteiger partial charge is 0.267 e. The number of nitrogens with one attached hydrogen (secondary N) is 2. The third-order valence-electron chi connectivity index (χ3n) is 8.20. The predicted molar refractivity (Wildman–Crippen MR) is 166 cm³/mol. The fourth-order valence-corrected chi connectivity index (χ4v) is 6.67. The Morgan fingerprint density at radius 3 is 2.55 bits per heavy atom. The summed E-state index contributed by atoms with van der Waals surface area (Å²) in [5.41, 5.74) is 3.48. The molecule has 0 radical (unpaired) electrons. The zero-order valence-corrected chi connectivity index (χ0v) is 25.1. The SMILES string of the molecule is CN1CCC(Nc2ccc(Nc3ncc4cc(C5CCCCN5C)c(=O)n(Cc5nccnc5[S+](C)[O-])c4n3)cc2)C1. The van der Waals surface area contributed by atoms with Gasteiger partial charge in [-0.05, 0) is 76.8 Å². The minimum atomic E-state index is -1.36. The van der Waals surface area contributed by atoms with E-state index < -0.39 is 11.2 Å². The van der Waals surface area contributed by atoms with Crippen molar-refractivity contribution in [3.8, 4) is 0 Å². The number of hydrogen-bond acceptors (Lipinski definition) is 10. The maximum atomic E-state index is 14.1. The lowest BCUT2D eigenvalue weighted by molar-refractivity contribution is 0.186. The number of anilines is 3. The molecule has 0 aliphatic carbocycles. The van der Waals surface area contributed by atoms with Crippen molar-refractivity contribution in [2.24, 2.45) is 0 Å². The van der Waals surface area contributed by atoms with Gasteiger partial charge in [0, 0.05) is 64.5 Å². The van der Waals surface area contributed by atoms with Crippen LogP contribution in [0.2, 0.25) is 0 Å². The average Bonchev–Trinajstić information content (AvgIpc) is 3.40. The Labute approximate surface area is 248 Å². The zero-order chi connectivity index (χ0) is 29.2. The van der Waals surface area contributed by atoms with E-state index in [1.165, 1.54) is 6.20 Å². The summed E-state index contributed by atoms with van der Waals surface area (Å²) in [6, 6.07) is 10.5. The summed E-state index contributed by atoms with van der Waals surface area (Å²) >= 11 is -1.36. The first-order valence-corrected chi connectivity index (χ1v) is 16.0. The van der Waals surface area contributed by atoms with E-state index in [2.05, 4.69) is 49.5 Å². The Balaban J connectivity index is 1.34. The van der Waals surface area contributed by atoms with Gasteiger partial charge in [-0.3, -0.25) is 19.2 Å². The molecule has 12 heteroatoms. The van der Waals surface area contributed by atoms with Gasteiger partial charge in [-0.2, -0.15) is 4.98 Å². The van der Waals surface area contributed by atoms with E-state index in [9.17, 15) is 9.35 Å². The molecule has 2 N–H and O–H groups in total. The molecule has 4 aromatic rings. The van der Waals surface area contributed by atoms with Gasteiger partial charge in [0.1, 0.15) is 17.6 Å². The van der Waals surface area contributed by atoms with Crippen LogP contribution >= 0.6 is 0 Å². The maximum Gasteiger partial charge on any atom is 0.267 e. The number of aromatic nitrogens is 5. The Hall–Kier alpha value is -3.58. The van der Waals surface area contributed by atoms with Crippen LogP contribution in [0.5, 0.6) is 0 Å². The molecule has 0 bridgehead atoms. The third kappa shape index (κ3) is 6.12. The summed E-state index contributed by atoms with van der Waals surface area (Å²) in [6.07, 6.45) is 10.6. The van der Waals surface area contributed by atoms with E-state index in [1.807, 2.05) is 30.3 Å².